The highest BCUT2D eigenvalue weighted by molar-refractivity contribution is 7.92. The molecule has 1 N–H and O–H groups in total. The van der Waals surface area contributed by atoms with Crippen molar-refractivity contribution < 1.29 is 18.0 Å². The Labute approximate surface area is 120 Å². The lowest BCUT2D eigenvalue weighted by molar-refractivity contribution is -0.134. The predicted octanol–water partition coefficient (Wildman–Crippen LogP) is 0.325. The fourth-order valence-corrected chi connectivity index (χ4v) is 3.10. The topological polar surface area (TPSA) is 83.6 Å². The molecule has 7 heteroatoms. The van der Waals surface area contributed by atoms with Crippen molar-refractivity contribution >= 4 is 21.7 Å². The smallest absolute Gasteiger partial charge is 0.245 e. The van der Waals surface area contributed by atoms with Crippen LogP contribution in [0.2, 0.25) is 0 Å². The minimum absolute atomic E-state index is 0.0641. The Morgan fingerprint density at radius 3 is 2.45 bits per heavy atom. The summed E-state index contributed by atoms with van der Waals surface area (Å²) in [6.07, 6.45) is 0.717. The highest BCUT2D eigenvalue weighted by atomic mass is 32.2. The molecule has 1 aliphatic heterocycles. The van der Waals surface area contributed by atoms with E-state index >= 15 is 0 Å². The van der Waals surface area contributed by atoms with Crippen molar-refractivity contribution in [2.45, 2.75) is 57.9 Å². The molecule has 116 valence electrons. The fourth-order valence-electron chi connectivity index (χ4n) is 2.18. The van der Waals surface area contributed by atoms with Crippen molar-refractivity contribution in [3.63, 3.8) is 0 Å². The third kappa shape index (κ3) is 3.94. The zero-order valence-corrected chi connectivity index (χ0v) is 13.4. The largest absolute Gasteiger partial charge is 0.344 e. The van der Waals surface area contributed by atoms with Crippen LogP contribution in [0.5, 0.6) is 0 Å². The lowest BCUT2D eigenvalue weighted by Crippen LogP contribution is -2.47. The molecule has 1 fully saturated rings. The van der Waals surface area contributed by atoms with E-state index in [1.54, 1.807) is 20.8 Å². The maximum atomic E-state index is 12.3. The van der Waals surface area contributed by atoms with Gasteiger partial charge in [-0.1, -0.05) is 6.92 Å². The number of nitrogens with one attached hydrogen (secondary N) is 1. The van der Waals surface area contributed by atoms with E-state index in [0.29, 0.717) is 6.42 Å². The number of hydrogen-bond acceptors (Lipinski definition) is 4. The van der Waals surface area contributed by atoms with Gasteiger partial charge in [-0.2, -0.15) is 0 Å². The van der Waals surface area contributed by atoms with Gasteiger partial charge >= 0.3 is 0 Å². The van der Waals surface area contributed by atoms with Gasteiger partial charge in [-0.05, 0) is 27.2 Å². The maximum Gasteiger partial charge on any atom is 0.245 e. The standard InChI is InChI=1S/C13H24N2O4S/c1-5-11-13(17)15(10(4)8-12(16)14-11)6-7-20(18,19)9(2)3/h9-11H,5-8H2,1-4H3,(H,14,16). The molecule has 1 saturated heterocycles. The van der Waals surface area contributed by atoms with E-state index < -0.39 is 21.1 Å². The van der Waals surface area contributed by atoms with Crippen molar-refractivity contribution in [2.24, 2.45) is 0 Å². The summed E-state index contributed by atoms with van der Waals surface area (Å²) in [4.78, 5) is 25.5. The molecular weight excluding hydrogens is 280 g/mol. The van der Waals surface area contributed by atoms with Crippen molar-refractivity contribution in [2.75, 3.05) is 12.3 Å². The van der Waals surface area contributed by atoms with E-state index in [1.165, 1.54) is 4.90 Å². The number of sulfone groups is 1. The Hall–Kier alpha value is -1.11. The van der Waals surface area contributed by atoms with Gasteiger partial charge in [0.2, 0.25) is 11.8 Å². The Kier molecular flexibility index (Phi) is 5.56. The first-order chi connectivity index (χ1) is 9.19. The first-order valence-corrected chi connectivity index (χ1v) is 8.72. The summed E-state index contributed by atoms with van der Waals surface area (Å²) in [5.41, 5.74) is 0. The Bertz CT molecular complexity index is 473. The molecule has 0 aromatic carbocycles. The van der Waals surface area contributed by atoms with Crippen LogP contribution in [-0.4, -0.2) is 54.8 Å². The van der Waals surface area contributed by atoms with E-state index in [2.05, 4.69) is 5.32 Å². The fraction of sp³-hybridized carbons (Fsp3) is 0.846. The van der Waals surface area contributed by atoms with Gasteiger partial charge in [0.25, 0.3) is 0 Å². The first-order valence-electron chi connectivity index (χ1n) is 7.00. The zero-order valence-electron chi connectivity index (χ0n) is 12.5. The normalized spacial score (nSPS) is 24.8. The molecule has 0 saturated carbocycles. The molecule has 0 bridgehead atoms. The number of rotatable bonds is 5. The summed E-state index contributed by atoms with van der Waals surface area (Å²) >= 11 is 0. The molecule has 0 aromatic rings. The minimum Gasteiger partial charge on any atom is -0.344 e. The number of amides is 2. The summed E-state index contributed by atoms with van der Waals surface area (Å²) in [7, 11) is -3.19. The van der Waals surface area contributed by atoms with Gasteiger partial charge in [-0.3, -0.25) is 9.59 Å². The lowest BCUT2D eigenvalue weighted by atomic mass is 10.2. The van der Waals surface area contributed by atoms with Gasteiger partial charge in [0.05, 0.1) is 11.0 Å². The van der Waals surface area contributed by atoms with Crippen molar-refractivity contribution in [1.82, 2.24) is 10.2 Å². The minimum atomic E-state index is -3.19. The van der Waals surface area contributed by atoms with Crippen LogP contribution in [-0.2, 0) is 19.4 Å². The summed E-state index contributed by atoms with van der Waals surface area (Å²) in [6.45, 7) is 7.00. The van der Waals surface area contributed by atoms with Crippen LogP contribution in [0.1, 0.15) is 40.5 Å². The van der Waals surface area contributed by atoms with E-state index in [0.717, 1.165) is 0 Å². The average molecular weight is 304 g/mol. The number of nitrogens with zero attached hydrogens (tertiary/aromatic N) is 1. The van der Waals surface area contributed by atoms with E-state index in [4.69, 9.17) is 0 Å². The van der Waals surface area contributed by atoms with Crippen molar-refractivity contribution in [3.05, 3.63) is 0 Å². The van der Waals surface area contributed by atoms with E-state index in [1.807, 2.05) is 6.92 Å². The summed E-state index contributed by atoms with van der Waals surface area (Å²) in [5, 5.41) is 2.22. The summed E-state index contributed by atoms with van der Waals surface area (Å²) < 4.78 is 23.7. The lowest BCUT2D eigenvalue weighted by Gasteiger charge is -2.28. The molecule has 20 heavy (non-hydrogen) atoms. The molecule has 1 heterocycles. The van der Waals surface area contributed by atoms with Gasteiger partial charge in [0.15, 0.2) is 9.84 Å². The molecule has 1 rings (SSSR count). The second-order valence-electron chi connectivity index (χ2n) is 5.53. The van der Waals surface area contributed by atoms with Crippen LogP contribution in [0.25, 0.3) is 0 Å². The molecule has 2 atom stereocenters. The highest BCUT2D eigenvalue weighted by Crippen LogP contribution is 2.14. The molecule has 0 spiro atoms. The third-order valence-corrected chi connectivity index (χ3v) is 5.86. The quantitative estimate of drug-likeness (QED) is 0.793. The molecule has 2 unspecified atom stereocenters. The Morgan fingerprint density at radius 2 is 1.95 bits per heavy atom. The number of carbonyl (C=O) groups excluding carboxylic acids is 2. The van der Waals surface area contributed by atoms with Crippen molar-refractivity contribution in [1.29, 1.82) is 0 Å². The maximum absolute atomic E-state index is 12.3. The molecule has 6 nitrogen and oxygen atoms in total. The van der Waals surface area contributed by atoms with Crippen LogP contribution in [0.15, 0.2) is 0 Å². The van der Waals surface area contributed by atoms with Crippen molar-refractivity contribution in [3.8, 4) is 0 Å². The monoisotopic (exact) mass is 304 g/mol. The summed E-state index contributed by atoms with van der Waals surface area (Å²) in [6, 6.07) is -0.824. The Balaban J connectivity index is 2.85. The zero-order chi connectivity index (χ0) is 15.5. The Morgan fingerprint density at radius 1 is 1.35 bits per heavy atom. The molecule has 0 aromatic heterocycles. The second-order valence-corrected chi connectivity index (χ2v) is 8.21. The molecule has 2 amide bonds. The van der Waals surface area contributed by atoms with Crippen LogP contribution < -0.4 is 5.32 Å². The van der Waals surface area contributed by atoms with Crippen LogP contribution in [0.3, 0.4) is 0 Å². The van der Waals surface area contributed by atoms with Gasteiger partial charge in [-0.15, -0.1) is 0 Å². The predicted molar refractivity (Wildman–Crippen MR) is 76.9 cm³/mol. The molecular formula is C13H24N2O4S. The molecule has 0 radical (unpaired) electrons. The number of carbonyl (C=O) groups is 2. The van der Waals surface area contributed by atoms with Gasteiger partial charge in [-0.25, -0.2) is 8.42 Å². The van der Waals surface area contributed by atoms with E-state index in [-0.39, 0.29) is 36.6 Å². The van der Waals surface area contributed by atoms with Gasteiger partial charge in [0.1, 0.15) is 6.04 Å². The number of hydrogen-bond donors (Lipinski definition) is 1. The van der Waals surface area contributed by atoms with E-state index in [9.17, 15) is 18.0 Å². The van der Waals surface area contributed by atoms with Crippen LogP contribution in [0, 0.1) is 0 Å². The second kappa shape index (κ2) is 6.56. The van der Waals surface area contributed by atoms with Crippen LogP contribution >= 0.6 is 0 Å². The molecule has 0 aliphatic carbocycles. The van der Waals surface area contributed by atoms with Gasteiger partial charge in [0, 0.05) is 19.0 Å². The first kappa shape index (κ1) is 16.9. The SMILES string of the molecule is CCC1NC(=O)CC(C)N(CCS(=O)(=O)C(C)C)C1=O. The molecule has 1 aliphatic rings. The highest BCUT2D eigenvalue weighted by Gasteiger charge is 2.33. The van der Waals surface area contributed by atoms with Gasteiger partial charge < -0.3 is 10.2 Å². The van der Waals surface area contributed by atoms with Crippen LogP contribution in [0.4, 0.5) is 0 Å². The third-order valence-electron chi connectivity index (χ3n) is 3.67. The summed E-state index contributed by atoms with van der Waals surface area (Å²) in [5.74, 6) is -0.414. The average Bonchev–Trinajstić information content (AvgIpc) is 2.44.